The van der Waals surface area contributed by atoms with E-state index in [0.29, 0.717) is 112 Å². The molecule has 16 heterocycles. The summed E-state index contributed by atoms with van der Waals surface area (Å²) < 4.78 is 21.8. The van der Waals surface area contributed by atoms with Gasteiger partial charge in [0.05, 0.1) is 0 Å². The maximum atomic E-state index is 12.7. The van der Waals surface area contributed by atoms with E-state index >= 15 is 0 Å². The van der Waals surface area contributed by atoms with E-state index in [1.54, 1.807) is 70.3 Å². The number of carbonyl (C=O) groups is 3. The Morgan fingerprint density at radius 3 is 1.56 bits per heavy atom. The molecule has 4 aliphatic rings. The van der Waals surface area contributed by atoms with Gasteiger partial charge >= 0.3 is 23.8 Å². The van der Waals surface area contributed by atoms with Crippen LogP contribution >= 0.6 is 0 Å². The fourth-order valence-corrected chi connectivity index (χ4v) is 11.0. The van der Waals surface area contributed by atoms with Crippen molar-refractivity contribution in [2.45, 2.75) is 25.5 Å². The van der Waals surface area contributed by atoms with Gasteiger partial charge in [0.15, 0.2) is 22.1 Å². The molecule has 12 aromatic heterocycles. The maximum absolute atomic E-state index is 12.7. The van der Waals surface area contributed by atoms with Crippen molar-refractivity contribution in [3.8, 4) is 0 Å². The topological polar surface area (TPSA) is 268 Å². The SMILES string of the molecule is Cn1c2c3n4c(c2n2ccnc12)=Nc1c2c(c5[n+]1[C@@]41n4c(c6c(c4N=c4c7c(c([n+]41)N=3)n1ccnc1n7CC(=O)O)n1ccnc1n6CC(=O)O)N=5)n1ccnc1n2CC(=O)O. The van der Waals surface area contributed by atoms with Gasteiger partial charge in [-0.3, -0.25) is 45.7 Å². The second-order valence-corrected chi connectivity index (χ2v) is 15.7. The molecule has 0 aromatic carbocycles. The molecule has 0 amide bonds. The van der Waals surface area contributed by atoms with E-state index in [9.17, 15) is 29.7 Å². The van der Waals surface area contributed by atoms with E-state index < -0.39 is 43.5 Å². The number of fused-ring (bicyclic) bond motifs is 20. The molecule has 1 atom stereocenters. The summed E-state index contributed by atoms with van der Waals surface area (Å²) in [5.41, 5.74) is 5.73. The third-order valence-electron chi connectivity index (χ3n) is 12.8. The van der Waals surface area contributed by atoms with Crippen molar-refractivity contribution in [3.05, 3.63) is 71.5 Å². The van der Waals surface area contributed by atoms with Crippen LogP contribution in [0.3, 0.4) is 0 Å². The second kappa shape index (κ2) is 9.15. The lowest BCUT2D eigenvalue weighted by atomic mass is 10.3. The van der Waals surface area contributed by atoms with Gasteiger partial charge in [-0.1, -0.05) is 20.0 Å². The molecule has 0 fully saturated rings. The molecule has 62 heavy (non-hydrogen) atoms. The number of rotatable bonds is 6. The average molecular weight is 829 g/mol. The highest BCUT2D eigenvalue weighted by atomic mass is 16.4. The van der Waals surface area contributed by atoms with Gasteiger partial charge in [0.25, 0.3) is 22.6 Å². The third kappa shape index (κ3) is 2.83. The fraction of sp³-hybridized carbons (Fsp3) is 0.139. The van der Waals surface area contributed by atoms with Gasteiger partial charge in [-0.2, -0.15) is 9.13 Å². The normalized spacial score (nSPS) is 16.7. The largest absolute Gasteiger partial charge is 0.480 e. The minimum absolute atomic E-state index is 0.325. The lowest BCUT2D eigenvalue weighted by Gasteiger charge is -2.37. The summed E-state index contributed by atoms with van der Waals surface area (Å²) in [5, 5.41) is 31.1. The summed E-state index contributed by atoms with van der Waals surface area (Å²) in [4.78, 5) is 78.3. The van der Waals surface area contributed by atoms with Gasteiger partial charge in [0.1, 0.15) is 41.7 Å². The first-order valence-electron chi connectivity index (χ1n) is 19.1. The molecule has 0 unspecified atom stereocenters. The molecular formula is C36H20N20O6+2. The Bertz CT molecular complexity index is 4560. The van der Waals surface area contributed by atoms with Crippen LogP contribution < -0.4 is 31.1 Å². The highest BCUT2D eigenvalue weighted by Crippen LogP contribution is 2.47. The van der Waals surface area contributed by atoms with Gasteiger partial charge in [-0.25, -0.2) is 19.9 Å². The summed E-state index contributed by atoms with van der Waals surface area (Å²) in [6.07, 6.45) is 13.5. The molecule has 0 aliphatic carbocycles. The highest BCUT2D eigenvalue weighted by molar-refractivity contribution is 6.01. The Balaban J connectivity index is 1.28. The molecule has 12 aromatic rings. The molecular weight excluding hydrogens is 809 g/mol. The van der Waals surface area contributed by atoms with Crippen molar-refractivity contribution in [3.63, 3.8) is 0 Å². The first-order chi connectivity index (χ1) is 30.2. The van der Waals surface area contributed by atoms with E-state index in [2.05, 4.69) is 19.9 Å². The molecule has 1 spiro atoms. The molecule has 4 aliphatic heterocycles. The zero-order valence-electron chi connectivity index (χ0n) is 31.3. The number of hydrogen-bond donors (Lipinski definition) is 3. The minimum Gasteiger partial charge on any atom is -0.480 e. The number of aromatic nitrogens is 16. The molecule has 3 N–H and O–H groups in total. The molecule has 26 heteroatoms. The fourth-order valence-electron chi connectivity index (χ4n) is 11.0. The first-order valence-corrected chi connectivity index (χ1v) is 19.1. The molecule has 0 radical (unpaired) electrons. The van der Waals surface area contributed by atoms with Crippen molar-refractivity contribution >= 4 is 108 Å². The zero-order valence-corrected chi connectivity index (χ0v) is 31.3. The Hall–Kier alpha value is -9.23. The van der Waals surface area contributed by atoms with Crippen molar-refractivity contribution in [1.29, 1.82) is 0 Å². The molecule has 16 rings (SSSR count). The summed E-state index contributed by atoms with van der Waals surface area (Å²) >= 11 is 0. The minimum atomic E-state index is -1.65. The second-order valence-electron chi connectivity index (χ2n) is 15.7. The highest BCUT2D eigenvalue weighted by Gasteiger charge is 2.66. The van der Waals surface area contributed by atoms with Crippen LogP contribution in [0.4, 0.5) is 23.3 Å². The van der Waals surface area contributed by atoms with E-state index in [1.807, 2.05) is 40.5 Å². The summed E-state index contributed by atoms with van der Waals surface area (Å²) in [7, 11) is 1.89. The number of aryl methyl sites for hydroxylation is 1. The summed E-state index contributed by atoms with van der Waals surface area (Å²) in [5.74, 6) is -1.89. The number of imidazole rings is 8. The van der Waals surface area contributed by atoms with Crippen LogP contribution in [0.1, 0.15) is 0 Å². The lowest BCUT2D eigenvalue weighted by Crippen LogP contribution is -2.92. The third-order valence-corrected chi connectivity index (χ3v) is 12.8. The van der Waals surface area contributed by atoms with Crippen molar-refractivity contribution in [1.82, 2.24) is 64.9 Å². The van der Waals surface area contributed by atoms with Crippen LogP contribution in [-0.2, 0) is 47.0 Å². The van der Waals surface area contributed by atoms with E-state index in [-0.39, 0.29) is 0 Å². The van der Waals surface area contributed by atoms with E-state index in [0.717, 1.165) is 0 Å². The number of hydrogen-bond acceptors (Lipinski definition) is 11. The van der Waals surface area contributed by atoms with E-state index in [4.69, 9.17) is 20.0 Å². The molecule has 26 nitrogen and oxygen atoms in total. The monoisotopic (exact) mass is 828 g/mol. The average Bonchev–Trinajstić information content (AvgIpc) is 4.07. The predicted octanol–water partition coefficient (Wildman–Crippen LogP) is -2.23. The lowest BCUT2D eigenvalue weighted by molar-refractivity contribution is -1.01. The van der Waals surface area contributed by atoms with Crippen LogP contribution in [0, 0.1) is 0 Å². The Labute approximate surface area is 335 Å². The molecule has 298 valence electrons. The summed E-state index contributed by atoms with van der Waals surface area (Å²) in [6.45, 7) is -1.40. The Morgan fingerprint density at radius 1 is 0.516 bits per heavy atom. The van der Waals surface area contributed by atoms with Gasteiger partial charge in [0.2, 0.25) is 45.7 Å². The van der Waals surface area contributed by atoms with Crippen LogP contribution in [0.15, 0.2) is 69.5 Å². The molecule has 0 bridgehead atoms. The number of carboxylic acid groups (broad SMARTS) is 3. The van der Waals surface area contributed by atoms with Crippen LogP contribution in [0.25, 0.3) is 67.2 Å². The van der Waals surface area contributed by atoms with Crippen molar-refractivity contribution in [2.24, 2.45) is 27.0 Å². The Morgan fingerprint density at radius 2 is 0.968 bits per heavy atom. The number of nitrogens with zero attached hydrogens (tertiary/aromatic N) is 20. The van der Waals surface area contributed by atoms with Gasteiger partial charge in [-0.05, 0) is 0 Å². The summed E-state index contributed by atoms with van der Waals surface area (Å²) in [6, 6.07) is 0. The van der Waals surface area contributed by atoms with Gasteiger partial charge < -0.3 is 19.9 Å². The number of carboxylic acids is 3. The van der Waals surface area contributed by atoms with Crippen LogP contribution in [-0.4, -0.2) is 98.2 Å². The van der Waals surface area contributed by atoms with Crippen LogP contribution in [0.5, 0.6) is 0 Å². The van der Waals surface area contributed by atoms with Crippen molar-refractivity contribution < 1.29 is 38.8 Å². The predicted molar refractivity (Wildman–Crippen MR) is 202 cm³/mol. The van der Waals surface area contributed by atoms with Gasteiger partial charge in [0, 0.05) is 56.6 Å². The molecule has 0 saturated heterocycles. The Kier molecular flexibility index (Phi) is 4.54. The zero-order chi connectivity index (χ0) is 41.1. The molecule has 0 saturated carbocycles. The standard InChI is InChI=1S/C36H18N20O6/c1-45-16-17(46-6-2-37-32(45)46)25-42-29-22-19(48-8-4-39-34(48)51(22)11-14(59)60)27-44-31-23-20(49-9-5-40-35(49)52(23)12-15(61)62)28-43-30-21-18(47-7-3-38-33(47)50(21)10-13(57)58)26-41-24(16)53(25)36(54(26)30,55(27)29)56(28)31/h2-9H,10-12H2,1H3,(H-2,57,58,59,60,61,62)/p+2/t36-/m1/s1. The maximum Gasteiger partial charge on any atom is 0.405 e. The number of aliphatic carboxylic acids is 3. The quantitative estimate of drug-likeness (QED) is 0.152. The van der Waals surface area contributed by atoms with E-state index in [1.165, 1.54) is 0 Å². The van der Waals surface area contributed by atoms with Crippen LogP contribution in [0.2, 0.25) is 0 Å². The van der Waals surface area contributed by atoms with Gasteiger partial charge in [-0.15, -0.1) is 9.13 Å². The van der Waals surface area contributed by atoms with Crippen molar-refractivity contribution in [2.75, 3.05) is 0 Å². The first kappa shape index (κ1) is 30.8. The smallest absolute Gasteiger partial charge is 0.405 e.